The average molecular weight is 191 g/mol. The maximum atomic E-state index is 13.0. The summed E-state index contributed by atoms with van der Waals surface area (Å²) in [7, 11) is 0. The molecule has 0 saturated heterocycles. The molecule has 0 bridgehead atoms. The molecule has 13 heavy (non-hydrogen) atoms. The van der Waals surface area contributed by atoms with Crippen LogP contribution in [0.1, 0.15) is 23.2 Å². The molecule has 0 spiro atoms. The minimum Gasteiger partial charge on any atom is -0.392 e. The minimum absolute atomic E-state index is 0.0211. The first-order valence-corrected chi connectivity index (χ1v) is 3.60. The number of alkyl halides is 2. The van der Waals surface area contributed by atoms with Crippen molar-refractivity contribution >= 4 is 0 Å². The zero-order chi connectivity index (χ0) is 10.0. The van der Waals surface area contributed by atoms with Gasteiger partial charge in [-0.2, -0.15) is 0 Å². The Morgan fingerprint density at radius 1 is 1.54 bits per heavy atom. The van der Waals surface area contributed by atoms with Crippen molar-refractivity contribution in [1.29, 1.82) is 0 Å². The molecule has 2 nitrogen and oxygen atoms in total. The third kappa shape index (κ3) is 1.80. The molecule has 0 saturated carbocycles. The second-order valence-corrected chi connectivity index (χ2v) is 2.57. The summed E-state index contributed by atoms with van der Waals surface area (Å²) in [5.41, 5.74) is -0.621. The van der Waals surface area contributed by atoms with Crippen LogP contribution in [-0.4, -0.2) is 10.1 Å². The molecule has 72 valence electrons. The van der Waals surface area contributed by atoms with Gasteiger partial charge >= 0.3 is 0 Å². The summed E-state index contributed by atoms with van der Waals surface area (Å²) in [6.07, 6.45) is -1.87. The third-order valence-electron chi connectivity index (χ3n) is 1.77. The van der Waals surface area contributed by atoms with Crippen LogP contribution >= 0.6 is 0 Å². The second-order valence-electron chi connectivity index (χ2n) is 2.57. The van der Waals surface area contributed by atoms with Crippen molar-refractivity contribution < 1.29 is 18.3 Å². The van der Waals surface area contributed by atoms with Gasteiger partial charge in [-0.15, -0.1) is 0 Å². The van der Waals surface area contributed by atoms with Crippen molar-refractivity contribution in [3.05, 3.63) is 28.8 Å². The van der Waals surface area contributed by atoms with Gasteiger partial charge in [0.05, 0.1) is 6.61 Å². The Labute approximate surface area is 73.0 Å². The van der Waals surface area contributed by atoms with E-state index in [4.69, 9.17) is 5.11 Å². The number of pyridine rings is 1. The number of aliphatic hydroxyl groups excluding tert-OH is 1. The number of hydrogen-bond acceptors (Lipinski definition) is 2. The molecule has 0 amide bonds. The van der Waals surface area contributed by atoms with Crippen molar-refractivity contribution in [3.8, 4) is 0 Å². The number of aromatic nitrogens is 1. The van der Waals surface area contributed by atoms with Gasteiger partial charge in [0.15, 0.2) is 5.82 Å². The molecular formula is C8H8F3NO. The standard InChI is InChI=1S/C8H8F3NO/c1-4-5(3-13)2-12-7(6(4)9)8(10)11/h2,8,13H,3H2,1H3. The molecular weight excluding hydrogens is 183 g/mol. The Bertz CT molecular complexity index is 315. The van der Waals surface area contributed by atoms with Crippen LogP contribution in [0.4, 0.5) is 13.2 Å². The number of halogens is 3. The fraction of sp³-hybridized carbons (Fsp3) is 0.375. The largest absolute Gasteiger partial charge is 0.392 e. The lowest BCUT2D eigenvalue weighted by atomic mass is 10.1. The van der Waals surface area contributed by atoms with Crippen LogP contribution < -0.4 is 0 Å². The fourth-order valence-corrected chi connectivity index (χ4v) is 0.946. The molecule has 1 N–H and O–H groups in total. The summed E-state index contributed by atoms with van der Waals surface area (Å²) in [6, 6.07) is 0. The predicted molar refractivity (Wildman–Crippen MR) is 39.8 cm³/mol. The summed E-state index contributed by atoms with van der Waals surface area (Å²) in [6.45, 7) is 0.924. The highest BCUT2D eigenvalue weighted by atomic mass is 19.3. The molecule has 0 aliphatic heterocycles. The monoisotopic (exact) mass is 191 g/mol. The number of rotatable bonds is 2. The van der Waals surface area contributed by atoms with E-state index >= 15 is 0 Å². The lowest BCUT2D eigenvalue weighted by molar-refractivity contribution is 0.140. The van der Waals surface area contributed by atoms with Crippen LogP contribution in [0.25, 0.3) is 0 Å². The molecule has 0 aliphatic carbocycles. The Hall–Kier alpha value is -1.10. The van der Waals surface area contributed by atoms with Gasteiger partial charge in [-0.05, 0) is 12.5 Å². The van der Waals surface area contributed by atoms with Gasteiger partial charge in [-0.1, -0.05) is 0 Å². The van der Waals surface area contributed by atoms with E-state index in [1.807, 2.05) is 0 Å². The van der Waals surface area contributed by atoms with Gasteiger partial charge in [-0.3, -0.25) is 4.98 Å². The minimum atomic E-state index is -2.92. The van der Waals surface area contributed by atoms with Crippen molar-refractivity contribution in [1.82, 2.24) is 4.98 Å². The number of aliphatic hydroxyl groups is 1. The van der Waals surface area contributed by atoms with Crippen molar-refractivity contribution in [3.63, 3.8) is 0 Å². The summed E-state index contributed by atoms with van der Waals surface area (Å²) in [5.74, 6) is -1.04. The first-order valence-electron chi connectivity index (χ1n) is 3.60. The van der Waals surface area contributed by atoms with Gasteiger partial charge in [0.1, 0.15) is 5.69 Å². The molecule has 5 heteroatoms. The van der Waals surface area contributed by atoms with E-state index in [-0.39, 0.29) is 11.1 Å². The molecule has 1 heterocycles. The lowest BCUT2D eigenvalue weighted by Gasteiger charge is -2.06. The maximum absolute atomic E-state index is 13.0. The van der Waals surface area contributed by atoms with Crippen LogP contribution in [0.5, 0.6) is 0 Å². The topological polar surface area (TPSA) is 33.1 Å². The zero-order valence-electron chi connectivity index (χ0n) is 6.89. The van der Waals surface area contributed by atoms with Gasteiger partial charge in [-0.25, -0.2) is 13.2 Å². The van der Waals surface area contributed by atoms with Crippen LogP contribution in [-0.2, 0) is 6.61 Å². The normalized spacial score (nSPS) is 10.9. The van der Waals surface area contributed by atoms with Crippen molar-refractivity contribution in [2.24, 2.45) is 0 Å². The van der Waals surface area contributed by atoms with E-state index in [0.717, 1.165) is 6.20 Å². The van der Waals surface area contributed by atoms with E-state index in [1.54, 1.807) is 0 Å². The molecule has 1 aromatic rings. The summed E-state index contributed by atoms with van der Waals surface area (Å²) in [4.78, 5) is 3.22. The highest BCUT2D eigenvalue weighted by molar-refractivity contribution is 5.27. The molecule has 0 atom stereocenters. The first kappa shape index (κ1) is 9.98. The van der Waals surface area contributed by atoms with Crippen LogP contribution in [0.2, 0.25) is 0 Å². The molecule has 0 fully saturated rings. The van der Waals surface area contributed by atoms with Crippen molar-refractivity contribution in [2.45, 2.75) is 20.0 Å². The van der Waals surface area contributed by atoms with E-state index in [2.05, 4.69) is 4.98 Å². The van der Waals surface area contributed by atoms with E-state index < -0.39 is 24.5 Å². The molecule has 0 aliphatic rings. The molecule has 0 unspecified atom stereocenters. The highest BCUT2D eigenvalue weighted by Gasteiger charge is 2.18. The van der Waals surface area contributed by atoms with Gasteiger partial charge in [0, 0.05) is 11.8 Å². The van der Waals surface area contributed by atoms with Gasteiger partial charge in [0.25, 0.3) is 6.43 Å². The zero-order valence-corrected chi connectivity index (χ0v) is 6.89. The van der Waals surface area contributed by atoms with E-state index in [9.17, 15) is 13.2 Å². The van der Waals surface area contributed by atoms with Crippen LogP contribution in [0.15, 0.2) is 6.20 Å². The quantitative estimate of drug-likeness (QED) is 0.775. The van der Waals surface area contributed by atoms with Gasteiger partial charge < -0.3 is 5.11 Å². The van der Waals surface area contributed by atoms with Crippen molar-refractivity contribution in [2.75, 3.05) is 0 Å². The van der Waals surface area contributed by atoms with Crippen LogP contribution in [0.3, 0.4) is 0 Å². The second kappa shape index (κ2) is 3.74. The summed E-state index contributed by atoms with van der Waals surface area (Å²) in [5, 5.41) is 8.68. The molecule has 0 radical (unpaired) electrons. The fourth-order valence-electron chi connectivity index (χ4n) is 0.946. The third-order valence-corrected chi connectivity index (χ3v) is 1.77. The number of hydrogen-bond donors (Lipinski definition) is 1. The van der Waals surface area contributed by atoms with Crippen LogP contribution in [0, 0.1) is 12.7 Å². The van der Waals surface area contributed by atoms with E-state index in [0.29, 0.717) is 0 Å². The summed E-state index contributed by atoms with van der Waals surface area (Å²) >= 11 is 0. The van der Waals surface area contributed by atoms with Gasteiger partial charge in [0.2, 0.25) is 0 Å². The maximum Gasteiger partial charge on any atom is 0.283 e. The van der Waals surface area contributed by atoms with E-state index in [1.165, 1.54) is 6.92 Å². The SMILES string of the molecule is Cc1c(CO)cnc(C(F)F)c1F. The first-order chi connectivity index (χ1) is 6.07. The Balaban J connectivity index is 3.23. The summed E-state index contributed by atoms with van der Waals surface area (Å²) < 4.78 is 37.2. The molecule has 0 aromatic carbocycles. The Morgan fingerprint density at radius 2 is 2.15 bits per heavy atom. The Morgan fingerprint density at radius 3 is 2.62 bits per heavy atom. The molecule has 1 rings (SSSR count). The molecule has 1 aromatic heterocycles. The Kier molecular flexibility index (Phi) is 2.87. The lowest BCUT2D eigenvalue weighted by Crippen LogP contribution is -2.02. The smallest absolute Gasteiger partial charge is 0.283 e. The highest BCUT2D eigenvalue weighted by Crippen LogP contribution is 2.23. The number of nitrogens with zero attached hydrogens (tertiary/aromatic N) is 1. The predicted octanol–water partition coefficient (Wildman–Crippen LogP) is 1.96. The average Bonchev–Trinajstić information content (AvgIpc) is 2.09.